The maximum Gasteiger partial charge on any atom is 0.422 e. The first kappa shape index (κ1) is 42.7. The number of benzene rings is 2. The number of fused-ring (bicyclic) bond motifs is 1. The van der Waals surface area contributed by atoms with Gasteiger partial charge in [-0.25, -0.2) is 27.8 Å². The molecular weight excluding hydrogens is 740 g/mol. The van der Waals surface area contributed by atoms with E-state index in [-0.39, 0.29) is 47.7 Å². The fourth-order valence-electron chi connectivity index (χ4n) is 6.47. The van der Waals surface area contributed by atoms with Crippen molar-refractivity contribution in [2.45, 2.75) is 97.5 Å². The lowest BCUT2D eigenvalue weighted by Crippen LogP contribution is -2.49. The Hall–Kier alpha value is -5.06. The summed E-state index contributed by atoms with van der Waals surface area (Å²) in [5, 5.41) is 10.5. The van der Waals surface area contributed by atoms with Crippen LogP contribution in [0.1, 0.15) is 78.4 Å². The van der Waals surface area contributed by atoms with E-state index < -0.39 is 75.5 Å². The predicted molar refractivity (Wildman–Crippen MR) is 202 cm³/mol. The average molecular weight is 791 g/mol. The molecule has 1 aliphatic heterocycles. The SMILES string of the molecule is C=CCOC(=O)NS(=O)(=O)N(CC(=O)OC(C)(C)C)c1c(OCc2ccccc2)cc2c(c1F)C[C@H](CN(CC1CCCC1)C(=O)OC(C)(C)C)N2C(=O)O. The Balaban J connectivity index is 1.86. The molecule has 17 heteroatoms. The summed E-state index contributed by atoms with van der Waals surface area (Å²) in [6, 6.07) is 8.74. The molecule has 1 atom stereocenters. The summed E-state index contributed by atoms with van der Waals surface area (Å²) < 4.78 is 69.0. The van der Waals surface area contributed by atoms with E-state index in [4.69, 9.17) is 18.9 Å². The van der Waals surface area contributed by atoms with Crippen molar-refractivity contribution < 1.29 is 56.0 Å². The molecule has 0 bridgehead atoms. The van der Waals surface area contributed by atoms with Crippen LogP contribution in [0.15, 0.2) is 49.1 Å². The first-order valence-electron chi connectivity index (χ1n) is 18.0. The molecule has 2 aliphatic rings. The van der Waals surface area contributed by atoms with Crippen molar-refractivity contribution in [1.29, 1.82) is 0 Å². The summed E-state index contributed by atoms with van der Waals surface area (Å²) in [5.41, 5.74) is -2.50. The van der Waals surface area contributed by atoms with E-state index in [2.05, 4.69) is 6.58 Å². The van der Waals surface area contributed by atoms with Crippen LogP contribution >= 0.6 is 0 Å². The summed E-state index contributed by atoms with van der Waals surface area (Å²) in [5.74, 6) is -2.64. The first-order chi connectivity index (χ1) is 25.7. The second-order valence-corrected chi connectivity index (χ2v) is 17.0. The molecule has 1 fully saturated rings. The van der Waals surface area contributed by atoms with E-state index in [9.17, 15) is 32.7 Å². The van der Waals surface area contributed by atoms with Crippen LogP contribution in [-0.4, -0.2) is 86.2 Å². The van der Waals surface area contributed by atoms with Crippen molar-refractivity contribution in [3.05, 3.63) is 66.0 Å². The second kappa shape index (κ2) is 17.6. The topological polar surface area (TPSA) is 181 Å². The van der Waals surface area contributed by atoms with Gasteiger partial charge in [0.25, 0.3) is 0 Å². The maximum absolute atomic E-state index is 17.3. The van der Waals surface area contributed by atoms with Crippen molar-refractivity contribution in [3.63, 3.8) is 0 Å². The fourth-order valence-corrected chi connectivity index (χ4v) is 7.53. The molecule has 1 heterocycles. The van der Waals surface area contributed by atoms with Crippen LogP contribution in [0, 0.1) is 11.7 Å². The van der Waals surface area contributed by atoms with Gasteiger partial charge in [0.2, 0.25) is 0 Å². The highest BCUT2D eigenvalue weighted by Crippen LogP contribution is 2.45. The molecule has 0 unspecified atom stereocenters. The summed E-state index contributed by atoms with van der Waals surface area (Å²) in [4.78, 5) is 54.6. The van der Waals surface area contributed by atoms with E-state index >= 15 is 4.39 Å². The third-order valence-corrected chi connectivity index (χ3v) is 9.92. The first-order valence-corrected chi connectivity index (χ1v) is 19.4. The molecule has 1 saturated carbocycles. The van der Waals surface area contributed by atoms with Crippen LogP contribution in [0.3, 0.4) is 0 Å². The zero-order chi connectivity index (χ0) is 40.7. The van der Waals surface area contributed by atoms with Gasteiger partial charge in [-0.2, -0.15) is 8.42 Å². The zero-order valence-corrected chi connectivity index (χ0v) is 32.9. The minimum absolute atomic E-state index is 0.153. The normalized spacial score (nSPS) is 15.8. The van der Waals surface area contributed by atoms with Crippen LogP contribution in [0.25, 0.3) is 0 Å². The molecule has 2 aromatic carbocycles. The van der Waals surface area contributed by atoms with Crippen molar-refractivity contribution >= 4 is 45.8 Å². The number of amides is 3. The van der Waals surface area contributed by atoms with Crippen molar-refractivity contribution in [1.82, 2.24) is 9.62 Å². The van der Waals surface area contributed by atoms with Gasteiger partial charge >= 0.3 is 34.5 Å². The van der Waals surface area contributed by atoms with Gasteiger partial charge < -0.3 is 29.0 Å². The lowest BCUT2D eigenvalue weighted by molar-refractivity contribution is -0.152. The van der Waals surface area contributed by atoms with Gasteiger partial charge in [-0.1, -0.05) is 55.8 Å². The molecule has 4 rings (SSSR count). The van der Waals surface area contributed by atoms with Crippen LogP contribution in [0.5, 0.6) is 5.75 Å². The minimum atomic E-state index is -5.15. The number of hydrogen-bond donors (Lipinski definition) is 2. The molecule has 1 aliphatic carbocycles. The number of anilines is 2. The number of carbonyl (C=O) groups excluding carboxylic acids is 3. The maximum atomic E-state index is 17.3. The van der Waals surface area contributed by atoms with Gasteiger partial charge in [0.05, 0.1) is 11.7 Å². The van der Waals surface area contributed by atoms with E-state index in [0.717, 1.165) is 30.6 Å². The smallest absolute Gasteiger partial charge is 0.422 e. The van der Waals surface area contributed by atoms with Gasteiger partial charge in [-0.3, -0.25) is 9.69 Å². The monoisotopic (exact) mass is 790 g/mol. The van der Waals surface area contributed by atoms with Gasteiger partial charge in [0.15, 0.2) is 5.82 Å². The molecule has 0 radical (unpaired) electrons. The van der Waals surface area contributed by atoms with Crippen LogP contribution in [0.2, 0.25) is 0 Å². The highest BCUT2D eigenvalue weighted by Gasteiger charge is 2.43. The molecule has 2 aromatic rings. The van der Waals surface area contributed by atoms with E-state index in [0.29, 0.717) is 12.1 Å². The van der Waals surface area contributed by atoms with Gasteiger partial charge in [-0.15, -0.1) is 0 Å². The number of halogens is 1. The van der Waals surface area contributed by atoms with Gasteiger partial charge in [-0.05, 0) is 65.9 Å². The van der Waals surface area contributed by atoms with Crippen LogP contribution < -0.4 is 18.7 Å². The summed E-state index contributed by atoms with van der Waals surface area (Å²) >= 11 is 0. The molecule has 55 heavy (non-hydrogen) atoms. The van der Waals surface area contributed by atoms with Crippen molar-refractivity contribution in [3.8, 4) is 5.75 Å². The lowest BCUT2D eigenvalue weighted by atomic mass is 10.1. The molecule has 15 nitrogen and oxygen atoms in total. The molecule has 0 spiro atoms. The fraction of sp³-hybridized carbons (Fsp3) is 0.526. The summed E-state index contributed by atoms with van der Waals surface area (Å²) in [6.45, 7) is 11.6. The minimum Gasteiger partial charge on any atom is -0.487 e. The second-order valence-electron chi connectivity index (χ2n) is 15.4. The average Bonchev–Trinajstić information content (AvgIpc) is 3.72. The largest absolute Gasteiger partial charge is 0.487 e. The van der Waals surface area contributed by atoms with Gasteiger partial charge in [0, 0.05) is 31.1 Å². The third-order valence-electron chi connectivity index (χ3n) is 8.60. The Morgan fingerprint density at radius 3 is 2.24 bits per heavy atom. The number of carbonyl (C=O) groups is 4. The summed E-state index contributed by atoms with van der Waals surface area (Å²) in [6.07, 6.45) is 1.09. The molecule has 0 aromatic heterocycles. The number of esters is 1. The molecule has 0 saturated heterocycles. The highest BCUT2D eigenvalue weighted by atomic mass is 32.2. The molecule has 3 amide bonds. The molecule has 2 N–H and O–H groups in total. The summed E-state index contributed by atoms with van der Waals surface area (Å²) in [7, 11) is -5.15. The Morgan fingerprint density at radius 2 is 1.65 bits per heavy atom. The number of carboxylic acid groups (broad SMARTS) is 1. The number of ether oxygens (including phenoxy) is 4. The quantitative estimate of drug-likeness (QED) is 0.120. The third kappa shape index (κ3) is 11.7. The van der Waals surface area contributed by atoms with Crippen molar-refractivity contribution in [2.24, 2.45) is 5.92 Å². The standard InChI is InChI=1S/C38H51FN4O11S/c1-8-18-51-34(45)40-55(49,50)42(23-31(44)53-37(2,3)4)33-30(52-24-26-16-10-9-11-17-26)20-29-28(32(33)39)19-27(43(29)35(46)47)22-41(21-25-14-12-13-15-25)36(48)54-38(5,6)7/h8-11,16-17,20,25,27H,1,12-15,18-19,21-24H2,2-7H3,(H,40,45)(H,46,47)/t27-/m1/s1. The van der Waals surface area contributed by atoms with Gasteiger partial charge in [0.1, 0.15) is 42.4 Å². The van der Waals surface area contributed by atoms with Crippen molar-refractivity contribution in [2.75, 3.05) is 35.4 Å². The van der Waals surface area contributed by atoms with Crippen LogP contribution in [0.4, 0.5) is 30.1 Å². The Morgan fingerprint density at radius 1 is 1.02 bits per heavy atom. The molecule has 302 valence electrons. The lowest BCUT2D eigenvalue weighted by Gasteiger charge is -2.33. The van der Waals surface area contributed by atoms with Crippen LogP contribution in [-0.2, 0) is 42.2 Å². The Kier molecular flexibility index (Phi) is 13.7. The van der Waals surface area contributed by atoms with E-state index in [1.165, 1.54) is 17.0 Å². The zero-order valence-electron chi connectivity index (χ0n) is 32.1. The van der Waals surface area contributed by atoms with E-state index in [1.54, 1.807) is 76.6 Å². The van der Waals surface area contributed by atoms with E-state index in [1.807, 2.05) is 0 Å². The number of nitrogens with zero attached hydrogens (tertiary/aromatic N) is 3. The number of nitrogens with one attached hydrogen (secondary N) is 1. The predicted octanol–water partition coefficient (Wildman–Crippen LogP) is 6.55. The highest BCUT2D eigenvalue weighted by molar-refractivity contribution is 7.91. The number of rotatable bonds is 14. The Bertz CT molecular complexity index is 1840. The Labute approximate surface area is 321 Å². The number of hydrogen-bond acceptors (Lipinski definition) is 10. The molecular formula is C38H51FN4O11S.